The predicted molar refractivity (Wildman–Crippen MR) is 171 cm³/mol. The summed E-state index contributed by atoms with van der Waals surface area (Å²) in [6.45, 7) is 6.40. The molecule has 0 bridgehead atoms. The smallest absolute Gasteiger partial charge is 0.412 e. The van der Waals surface area contributed by atoms with E-state index in [1.165, 1.54) is 36.3 Å². The van der Waals surface area contributed by atoms with Gasteiger partial charge in [0.1, 0.15) is 29.4 Å². The highest BCUT2D eigenvalue weighted by Gasteiger charge is 2.41. The fourth-order valence-electron chi connectivity index (χ4n) is 6.20. The Morgan fingerprint density at radius 3 is 2.47 bits per heavy atom. The van der Waals surface area contributed by atoms with Crippen LogP contribution in [0.2, 0.25) is 0 Å². The van der Waals surface area contributed by atoms with Gasteiger partial charge in [0.15, 0.2) is 5.82 Å². The van der Waals surface area contributed by atoms with Crippen LogP contribution in [0.3, 0.4) is 0 Å². The summed E-state index contributed by atoms with van der Waals surface area (Å²) in [5.74, 6) is 0.787. The van der Waals surface area contributed by atoms with E-state index in [0.29, 0.717) is 43.0 Å². The maximum Gasteiger partial charge on any atom is 0.412 e. The van der Waals surface area contributed by atoms with Crippen molar-refractivity contribution in [3.05, 3.63) is 59.7 Å². The van der Waals surface area contributed by atoms with Crippen molar-refractivity contribution in [3.8, 4) is 17.6 Å². The first-order valence-electron chi connectivity index (χ1n) is 16.1. The molecule has 0 saturated carbocycles. The third-order valence-electron chi connectivity index (χ3n) is 8.86. The van der Waals surface area contributed by atoms with Gasteiger partial charge < -0.3 is 28.9 Å². The van der Waals surface area contributed by atoms with Crippen molar-refractivity contribution in [2.45, 2.75) is 70.4 Å². The number of amides is 2. The van der Waals surface area contributed by atoms with Gasteiger partial charge in [-0.05, 0) is 80.8 Å². The molecular weight excluding hydrogens is 607 g/mol. The lowest BCUT2D eigenvalue weighted by Crippen LogP contribution is -2.47. The molecule has 2 aliphatic heterocycles. The van der Waals surface area contributed by atoms with Crippen LogP contribution in [0, 0.1) is 23.1 Å². The number of halogens is 1. The molecule has 2 fully saturated rings. The molecule has 2 atom stereocenters. The molecule has 2 amide bonds. The molecule has 3 aromatic rings. The summed E-state index contributed by atoms with van der Waals surface area (Å²) in [5.41, 5.74) is 0.0324. The monoisotopic (exact) mass is 648 g/mol. The molecule has 0 radical (unpaired) electrons. The number of hydrogen-bond acceptors (Lipinski definition) is 9. The second-order valence-corrected chi connectivity index (χ2v) is 12.3. The first-order valence-corrected chi connectivity index (χ1v) is 16.1. The van der Waals surface area contributed by atoms with E-state index in [0.717, 1.165) is 43.7 Å². The van der Waals surface area contributed by atoms with Crippen molar-refractivity contribution in [3.63, 3.8) is 0 Å². The average Bonchev–Trinajstić information content (AvgIpc) is 3.77. The first-order chi connectivity index (χ1) is 22.7. The highest BCUT2D eigenvalue weighted by Crippen LogP contribution is 2.35. The fraction of sp³-hybridized carbons (Fsp3) is 0.500. The summed E-state index contributed by atoms with van der Waals surface area (Å²) >= 11 is 0. The summed E-state index contributed by atoms with van der Waals surface area (Å²) in [6, 6.07) is 10.6. The lowest BCUT2D eigenvalue weighted by Gasteiger charge is -2.33. The van der Waals surface area contributed by atoms with Crippen molar-refractivity contribution >= 4 is 23.7 Å². The summed E-state index contributed by atoms with van der Waals surface area (Å²) < 4.78 is 32.3. The van der Waals surface area contributed by atoms with E-state index in [1.807, 2.05) is 13.8 Å². The number of anilines is 2. The van der Waals surface area contributed by atoms with Gasteiger partial charge in [0.2, 0.25) is 0 Å². The van der Waals surface area contributed by atoms with E-state index < -0.39 is 29.9 Å². The molecule has 0 spiro atoms. The molecule has 0 aliphatic carbocycles. The molecule has 2 saturated heterocycles. The van der Waals surface area contributed by atoms with E-state index >= 15 is 4.39 Å². The Bertz CT molecular complexity index is 1570. The van der Waals surface area contributed by atoms with Crippen molar-refractivity contribution < 1.29 is 33.1 Å². The lowest BCUT2D eigenvalue weighted by atomic mass is 9.92. The van der Waals surface area contributed by atoms with Crippen molar-refractivity contribution in [2.75, 3.05) is 43.2 Å². The Labute approximate surface area is 273 Å². The number of methoxy groups -OCH3 is 1. The van der Waals surface area contributed by atoms with E-state index in [-0.39, 0.29) is 29.5 Å². The summed E-state index contributed by atoms with van der Waals surface area (Å²) in [5, 5.41) is 24.0. The Balaban J connectivity index is 1.24. The molecule has 2 aliphatic rings. The number of carbonyl (C=O) groups is 2. The molecule has 13 heteroatoms. The Morgan fingerprint density at radius 1 is 1.13 bits per heavy atom. The van der Waals surface area contributed by atoms with Crippen LogP contribution in [-0.2, 0) is 4.79 Å². The molecule has 2 aromatic carbocycles. The Morgan fingerprint density at radius 2 is 1.85 bits per heavy atom. The third kappa shape index (κ3) is 7.76. The Kier molecular flexibility index (Phi) is 10.8. The molecular formula is C34H41FN6O6. The van der Waals surface area contributed by atoms with Gasteiger partial charge in [-0.15, -0.1) is 0 Å². The van der Waals surface area contributed by atoms with Crippen LogP contribution in [0.4, 0.5) is 20.9 Å². The van der Waals surface area contributed by atoms with E-state index in [2.05, 4.69) is 21.1 Å². The summed E-state index contributed by atoms with van der Waals surface area (Å²) in [4.78, 5) is 35.3. The third-order valence-corrected chi connectivity index (χ3v) is 8.86. The highest BCUT2D eigenvalue weighted by atomic mass is 19.1. The molecule has 12 nitrogen and oxygen atoms in total. The van der Waals surface area contributed by atoms with Crippen molar-refractivity contribution in [2.24, 2.45) is 5.92 Å². The number of nitriles is 1. The van der Waals surface area contributed by atoms with Crippen LogP contribution in [0.5, 0.6) is 11.5 Å². The number of benzene rings is 2. The second kappa shape index (κ2) is 15.2. The minimum absolute atomic E-state index is 0.127. The SMILES string of the molecule is COc1ccc(N(C(=O)O)C(C(=O)N2CCC[C@H]2C#N)c2ccc(OCCCC3CCN(c4nc(C(C)C)no4)CC3)cc2F)cc1. The van der Waals surface area contributed by atoms with E-state index in [4.69, 9.17) is 14.0 Å². The number of likely N-dealkylation sites (tertiary alicyclic amines) is 1. The fourth-order valence-corrected chi connectivity index (χ4v) is 6.20. The van der Waals surface area contributed by atoms with Crippen LogP contribution >= 0.6 is 0 Å². The van der Waals surface area contributed by atoms with Gasteiger partial charge in [-0.1, -0.05) is 19.0 Å². The molecule has 250 valence electrons. The van der Waals surface area contributed by atoms with Gasteiger partial charge in [-0.3, -0.25) is 9.69 Å². The maximum absolute atomic E-state index is 15.8. The summed E-state index contributed by atoms with van der Waals surface area (Å²) in [7, 11) is 1.48. The van der Waals surface area contributed by atoms with Crippen molar-refractivity contribution in [1.29, 1.82) is 5.26 Å². The van der Waals surface area contributed by atoms with Gasteiger partial charge in [-0.2, -0.15) is 10.2 Å². The van der Waals surface area contributed by atoms with E-state index in [1.54, 1.807) is 18.2 Å². The Hall–Kier alpha value is -4.86. The molecule has 5 rings (SSSR count). The van der Waals surface area contributed by atoms with Crippen molar-refractivity contribution in [1.82, 2.24) is 15.0 Å². The normalized spacial score (nSPS) is 17.4. The van der Waals surface area contributed by atoms with Crippen LogP contribution in [0.15, 0.2) is 47.0 Å². The largest absolute Gasteiger partial charge is 0.497 e. The number of ether oxygens (including phenoxy) is 2. The van der Waals surface area contributed by atoms with Gasteiger partial charge in [-0.25, -0.2) is 9.18 Å². The number of hydrogen-bond donors (Lipinski definition) is 1. The number of carboxylic acid groups (broad SMARTS) is 1. The topological polar surface area (TPSA) is 145 Å². The van der Waals surface area contributed by atoms with E-state index in [9.17, 15) is 20.0 Å². The number of piperidine rings is 1. The lowest BCUT2D eigenvalue weighted by molar-refractivity contribution is -0.132. The average molecular weight is 649 g/mol. The van der Waals surface area contributed by atoms with Crippen LogP contribution in [0.1, 0.15) is 75.7 Å². The molecule has 1 N–H and O–H groups in total. The quantitative estimate of drug-likeness (QED) is 0.227. The first kappa shape index (κ1) is 33.5. The molecule has 1 unspecified atom stereocenters. The predicted octanol–water partition coefficient (Wildman–Crippen LogP) is 6.16. The van der Waals surface area contributed by atoms with Gasteiger partial charge >= 0.3 is 12.1 Å². The van der Waals surface area contributed by atoms with Crippen LogP contribution in [-0.4, -0.2) is 71.5 Å². The number of aromatic nitrogens is 2. The highest BCUT2D eigenvalue weighted by molar-refractivity contribution is 5.97. The van der Waals surface area contributed by atoms with Gasteiger partial charge in [0.25, 0.3) is 5.91 Å². The van der Waals surface area contributed by atoms with Gasteiger partial charge in [0.05, 0.1) is 19.8 Å². The van der Waals surface area contributed by atoms with Crippen LogP contribution < -0.4 is 19.3 Å². The maximum atomic E-state index is 15.8. The zero-order valence-electron chi connectivity index (χ0n) is 27.0. The number of nitrogens with zero attached hydrogens (tertiary/aromatic N) is 6. The molecule has 1 aromatic heterocycles. The molecule has 47 heavy (non-hydrogen) atoms. The molecule has 3 heterocycles. The minimum atomic E-state index is -1.56. The second-order valence-electron chi connectivity index (χ2n) is 12.3. The number of rotatable bonds is 12. The number of carbonyl (C=O) groups excluding carboxylic acids is 1. The van der Waals surface area contributed by atoms with Crippen LogP contribution in [0.25, 0.3) is 0 Å². The standard InChI is InChI=1S/C34H41FN6O6/c1-22(2)31-37-33(47-38-31)39-17-14-23(15-18-39)6-5-19-46-27-12-13-28(29(35)20-27)30(32(42)40-16-4-7-25(40)21-36)41(34(43)44)24-8-10-26(45-3)11-9-24/h8-13,20,22-23,25,30H,4-7,14-19H2,1-3H3,(H,43,44)/t25-,30?/m0/s1. The minimum Gasteiger partial charge on any atom is -0.497 e. The summed E-state index contributed by atoms with van der Waals surface area (Å²) in [6.07, 6.45) is 3.35. The van der Waals surface area contributed by atoms with Gasteiger partial charge in [0, 0.05) is 42.9 Å². The zero-order chi connectivity index (χ0) is 33.5. The zero-order valence-corrected chi connectivity index (χ0v) is 27.0.